The number of furan rings is 1. The minimum Gasteiger partial charge on any atom is -0.454 e. The van der Waals surface area contributed by atoms with Gasteiger partial charge >= 0.3 is 0 Å². The fourth-order valence-electron chi connectivity index (χ4n) is 1.62. The quantitative estimate of drug-likeness (QED) is 0.933. The van der Waals surface area contributed by atoms with Crippen molar-refractivity contribution in [3.8, 4) is 0 Å². The Balaban J connectivity index is 2.06. The van der Waals surface area contributed by atoms with Gasteiger partial charge in [0.1, 0.15) is 11.6 Å². The molecule has 0 saturated heterocycles. The van der Waals surface area contributed by atoms with Gasteiger partial charge in [0, 0.05) is 20.3 Å². The van der Waals surface area contributed by atoms with E-state index in [-0.39, 0.29) is 5.91 Å². The Hall–Kier alpha value is -2.01. The van der Waals surface area contributed by atoms with Gasteiger partial charge in [0.05, 0.1) is 11.6 Å². The summed E-state index contributed by atoms with van der Waals surface area (Å²) in [5, 5.41) is 3.11. The lowest BCUT2D eigenvalue weighted by Crippen LogP contribution is -2.18. The van der Waals surface area contributed by atoms with E-state index in [4.69, 9.17) is 16.0 Å². The molecule has 19 heavy (non-hydrogen) atoms. The standard InChI is InChI=1S/C13H14ClN3O2/c1-15-13(18)11-5-4-10(19-11)8-17(2)12-6-3-9(14)7-16-12/h3-7H,8H2,1-2H3,(H,15,18). The highest BCUT2D eigenvalue weighted by Crippen LogP contribution is 2.16. The number of hydrogen-bond acceptors (Lipinski definition) is 4. The van der Waals surface area contributed by atoms with Gasteiger partial charge in [-0.2, -0.15) is 0 Å². The van der Waals surface area contributed by atoms with Crippen LogP contribution in [0.5, 0.6) is 0 Å². The third-order valence-corrected chi connectivity index (χ3v) is 2.83. The van der Waals surface area contributed by atoms with Crippen molar-refractivity contribution >= 4 is 23.3 Å². The van der Waals surface area contributed by atoms with Crippen LogP contribution in [0.25, 0.3) is 0 Å². The summed E-state index contributed by atoms with van der Waals surface area (Å²) < 4.78 is 5.44. The first kappa shape index (κ1) is 13.4. The van der Waals surface area contributed by atoms with E-state index in [9.17, 15) is 4.79 Å². The Labute approximate surface area is 116 Å². The lowest BCUT2D eigenvalue weighted by molar-refractivity contribution is 0.0934. The summed E-state index contributed by atoms with van der Waals surface area (Å²) in [7, 11) is 3.45. The van der Waals surface area contributed by atoms with Gasteiger partial charge in [0.15, 0.2) is 5.76 Å². The van der Waals surface area contributed by atoms with Gasteiger partial charge in [-0.25, -0.2) is 4.98 Å². The van der Waals surface area contributed by atoms with E-state index in [1.165, 1.54) is 0 Å². The molecule has 2 rings (SSSR count). The molecule has 2 heterocycles. The van der Waals surface area contributed by atoms with E-state index < -0.39 is 0 Å². The van der Waals surface area contributed by atoms with E-state index in [0.717, 1.165) is 5.82 Å². The van der Waals surface area contributed by atoms with Crippen LogP contribution < -0.4 is 10.2 Å². The number of nitrogens with one attached hydrogen (secondary N) is 1. The number of carbonyl (C=O) groups excluding carboxylic acids is 1. The van der Waals surface area contributed by atoms with Gasteiger partial charge in [-0.3, -0.25) is 4.79 Å². The minimum atomic E-state index is -0.237. The number of pyridine rings is 1. The Kier molecular flexibility index (Phi) is 4.06. The van der Waals surface area contributed by atoms with Crippen LogP contribution in [0.15, 0.2) is 34.9 Å². The molecule has 0 radical (unpaired) electrons. The Morgan fingerprint density at radius 2 is 2.21 bits per heavy atom. The predicted molar refractivity (Wildman–Crippen MR) is 73.5 cm³/mol. The van der Waals surface area contributed by atoms with Crippen LogP contribution in [-0.4, -0.2) is 25.0 Å². The normalized spacial score (nSPS) is 10.3. The van der Waals surface area contributed by atoms with E-state index in [0.29, 0.717) is 23.1 Å². The number of carbonyl (C=O) groups is 1. The number of rotatable bonds is 4. The topological polar surface area (TPSA) is 58.4 Å². The summed E-state index contributed by atoms with van der Waals surface area (Å²) in [4.78, 5) is 17.5. The lowest BCUT2D eigenvalue weighted by Gasteiger charge is -2.16. The first-order valence-corrected chi connectivity index (χ1v) is 6.11. The van der Waals surface area contributed by atoms with Crippen molar-refractivity contribution in [3.63, 3.8) is 0 Å². The van der Waals surface area contributed by atoms with Crippen molar-refractivity contribution in [1.82, 2.24) is 10.3 Å². The third-order valence-electron chi connectivity index (χ3n) is 2.61. The minimum absolute atomic E-state index is 0.237. The van der Waals surface area contributed by atoms with Crippen molar-refractivity contribution in [2.24, 2.45) is 0 Å². The Morgan fingerprint density at radius 1 is 1.42 bits per heavy atom. The fourth-order valence-corrected chi connectivity index (χ4v) is 1.73. The largest absolute Gasteiger partial charge is 0.454 e. The molecule has 2 aromatic heterocycles. The van der Waals surface area contributed by atoms with Crippen LogP contribution >= 0.6 is 11.6 Å². The summed E-state index contributed by atoms with van der Waals surface area (Å²) >= 11 is 5.79. The van der Waals surface area contributed by atoms with E-state index in [1.54, 1.807) is 31.4 Å². The van der Waals surface area contributed by atoms with Crippen LogP contribution in [0.3, 0.4) is 0 Å². The molecule has 0 aliphatic carbocycles. The molecule has 0 atom stereocenters. The molecule has 6 heteroatoms. The average molecular weight is 280 g/mol. The Bertz CT molecular complexity index is 566. The predicted octanol–water partition coefficient (Wildman–Crippen LogP) is 2.32. The first-order valence-electron chi connectivity index (χ1n) is 5.73. The molecule has 0 saturated carbocycles. The van der Waals surface area contributed by atoms with Gasteiger partial charge in [-0.15, -0.1) is 0 Å². The molecular formula is C13H14ClN3O2. The van der Waals surface area contributed by atoms with Crippen LogP contribution in [0.1, 0.15) is 16.3 Å². The molecule has 0 fully saturated rings. The summed E-state index contributed by atoms with van der Waals surface area (Å²) in [6.45, 7) is 0.519. The van der Waals surface area contributed by atoms with Gasteiger partial charge < -0.3 is 14.6 Å². The number of nitrogens with zero attached hydrogens (tertiary/aromatic N) is 2. The molecular weight excluding hydrogens is 266 g/mol. The second-order valence-electron chi connectivity index (χ2n) is 4.04. The molecule has 0 bridgehead atoms. The molecule has 0 aliphatic heterocycles. The van der Waals surface area contributed by atoms with Gasteiger partial charge in [0.25, 0.3) is 5.91 Å². The SMILES string of the molecule is CNC(=O)c1ccc(CN(C)c2ccc(Cl)cn2)o1. The highest BCUT2D eigenvalue weighted by atomic mass is 35.5. The number of amides is 1. The molecule has 1 N–H and O–H groups in total. The molecule has 100 valence electrons. The number of hydrogen-bond donors (Lipinski definition) is 1. The average Bonchev–Trinajstić information content (AvgIpc) is 2.87. The van der Waals surface area contributed by atoms with Crippen LogP contribution in [-0.2, 0) is 6.54 Å². The molecule has 0 spiro atoms. The van der Waals surface area contributed by atoms with Gasteiger partial charge in [-0.05, 0) is 24.3 Å². The zero-order chi connectivity index (χ0) is 13.8. The van der Waals surface area contributed by atoms with Crippen molar-refractivity contribution in [2.45, 2.75) is 6.54 Å². The van der Waals surface area contributed by atoms with Gasteiger partial charge in [0.2, 0.25) is 0 Å². The maximum absolute atomic E-state index is 11.4. The number of aromatic nitrogens is 1. The monoisotopic (exact) mass is 279 g/mol. The Morgan fingerprint density at radius 3 is 2.84 bits per heavy atom. The summed E-state index contributed by atoms with van der Waals surface area (Å²) in [6, 6.07) is 7.03. The molecule has 5 nitrogen and oxygen atoms in total. The second-order valence-corrected chi connectivity index (χ2v) is 4.47. The van der Waals surface area contributed by atoms with Crippen LogP contribution in [0.4, 0.5) is 5.82 Å². The van der Waals surface area contributed by atoms with Crippen molar-refractivity contribution in [3.05, 3.63) is 47.0 Å². The third kappa shape index (κ3) is 3.26. The zero-order valence-electron chi connectivity index (χ0n) is 10.7. The van der Waals surface area contributed by atoms with Crippen LogP contribution in [0.2, 0.25) is 5.02 Å². The molecule has 0 aromatic carbocycles. The van der Waals surface area contributed by atoms with Crippen LogP contribution in [0, 0.1) is 0 Å². The highest BCUT2D eigenvalue weighted by molar-refractivity contribution is 6.30. The zero-order valence-corrected chi connectivity index (χ0v) is 11.4. The van der Waals surface area contributed by atoms with E-state index >= 15 is 0 Å². The van der Waals surface area contributed by atoms with Crippen molar-refractivity contribution in [2.75, 3.05) is 19.0 Å². The second kappa shape index (κ2) is 5.75. The number of anilines is 1. The maximum Gasteiger partial charge on any atom is 0.286 e. The summed E-state index contributed by atoms with van der Waals surface area (Å²) in [5.41, 5.74) is 0. The summed E-state index contributed by atoms with van der Waals surface area (Å²) in [6.07, 6.45) is 1.59. The van der Waals surface area contributed by atoms with Crippen molar-refractivity contribution < 1.29 is 9.21 Å². The lowest BCUT2D eigenvalue weighted by atomic mass is 10.3. The van der Waals surface area contributed by atoms with E-state index in [1.807, 2.05) is 18.0 Å². The first-order chi connectivity index (χ1) is 9.10. The smallest absolute Gasteiger partial charge is 0.286 e. The molecule has 1 amide bonds. The fraction of sp³-hybridized carbons (Fsp3) is 0.231. The summed E-state index contributed by atoms with van der Waals surface area (Å²) in [5.74, 6) is 1.54. The molecule has 0 aliphatic rings. The van der Waals surface area contributed by atoms with Gasteiger partial charge in [-0.1, -0.05) is 11.6 Å². The highest BCUT2D eigenvalue weighted by Gasteiger charge is 2.11. The van der Waals surface area contributed by atoms with E-state index in [2.05, 4.69) is 10.3 Å². The maximum atomic E-state index is 11.4. The molecule has 0 unspecified atom stereocenters. The molecule has 2 aromatic rings. The van der Waals surface area contributed by atoms with Crippen molar-refractivity contribution in [1.29, 1.82) is 0 Å². The number of halogens is 1.